The molecule has 0 heterocycles. The van der Waals surface area contributed by atoms with Crippen LogP contribution in [0, 0.1) is 5.82 Å². The third-order valence-electron chi connectivity index (χ3n) is 6.47. The minimum absolute atomic E-state index is 0.0409. The maximum atomic E-state index is 13.6. The topological polar surface area (TPSA) is 125 Å². The molecule has 0 aliphatic rings. The summed E-state index contributed by atoms with van der Waals surface area (Å²) in [5, 5.41) is 11.9. The second kappa shape index (κ2) is 14.9. The lowest BCUT2D eigenvalue weighted by Gasteiger charge is -2.31. The number of aliphatic hydroxyl groups is 1. The number of sulfonamides is 1. The SMILES string of the molecule is O=C(NCCO)C(Cc1ccccc1)N(Cc1ccccc1)C(=O)COc1ccc(S(=O)(=O)Nc2ccc(F)cc2)cc1. The van der Waals surface area contributed by atoms with E-state index in [0.717, 1.165) is 23.3 Å². The molecular formula is C32H32FN3O6S. The number of rotatable bonds is 14. The van der Waals surface area contributed by atoms with Crippen molar-refractivity contribution in [1.82, 2.24) is 10.2 Å². The van der Waals surface area contributed by atoms with Crippen molar-refractivity contribution in [1.29, 1.82) is 0 Å². The van der Waals surface area contributed by atoms with Gasteiger partial charge in [0.15, 0.2) is 6.61 Å². The van der Waals surface area contributed by atoms with Gasteiger partial charge in [0.05, 0.1) is 11.5 Å². The number of aliphatic hydroxyl groups excluding tert-OH is 1. The van der Waals surface area contributed by atoms with Crippen molar-refractivity contribution in [3.8, 4) is 5.75 Å². The largest absolute Gasteiger partial charge is 0.484 e. The number of amides is 2. The van der Waals surface area contributed by atoms with Gasteiger partial charge >= 0.3 is 0 Å². The van der Waals surface area contributed by atoms with E-state index in [1.807, 2.05) is 60.7 Å². The molecule has 0 saturated heterocycles. The van der Waals surface area contributed by atoms with Crippen molar-refractivity contribution in [2.24, 2.45) is 0 Å². The monoisotopic (exact) mass is 605 g/mol. The number of hydrogen-bond acceptors (Lipinski definition) is 6. The van der Waals surface area contributed by atoms with Gasteiger partial charge in [0.2, 0.25) is 5.91 Å². The molecule has 1 atom stereocenters. The number of nitrogens with zero attached hydrogens (tertiary/aromatic N) is 1. The van der Waals surface area contributed by atoms with Crippen LogP contribution in [0.25, 0.3) is 0 Å². The molecule has 0 aromatic heterocycles. The van der Waals surface area contributed by atoms with Crippen molar-refractivity contribution < 1.29 is 32.2 Å². The second-order valence-electron chi connectivity index (χ2n) is 9.60. The van der Waals surface area contributed by atoms with Gasteiger partial charge in [-0.25, -0.2) is 12.8 Å². The number of ether oxygens (including phenoxy) is 1. The van der Waals surface area contributed by atoms with Crippen LogP contribution in [-0.2, 0) is 32.6 Å². The van der Waals surface area contributed by atoms with Crippen molar-refractivity contribution in [2.75, 3.05) is 24.5 Å². The number of carbonyl (C=O) groups excluding carboxylic acids is 2. The Balaban J connectivity index is 1.50. The number of benzene rings is 4. The summed E-state index contributed by atoms with van der Waals surface area (Å²) in [4.78, 5) is 28.3. The maximum Gasteiger partial charge on any atom is 0.261 e. The van der Waals surface area contributed by atoms with E-state index >= 15 is 0 Å². The van der Waals surface area contributed by atoms with E-state index in [0.29, 0.717) is 0 Å². The van der Waals surface area contributed by atoms with E-state index in [1.54, 1.807) is 0 Å². The Morgan fingerprint density at radius 3 is 2.05 bits per heavy atom. The fourth-order valence-electron chi connectivity index (χ4n) is 4.31. The van der Waals surface area contributed by atoms with Crippen LogP contribution in [0.2, 0.25) is 0 Å². The zero-order valence-corrected chi connectivity index (χ0v) is 24.0. The Kier molecular flexibility index (Phi) is 10.8. The zero-order valence-electron chi connectivity index (χ0n) is 23.2. The van der Waals surface area contributed by atoms with E-state index in [1.165, 1.54) is 41.3 Å². The molecule has 0 aliphatic carbocycles. The maximum absolute atomic E-state index is 13.6. The molecule has 224 valence electrons. The van der Waals surface area contributed by atoms with E-state index < -0.39 is 40.3 Å². The highest BCUT2D eigenvalue weighted by molar-refractivity contribution is 7.92. The average Bonchev–Trinajstić information content (AvgIpc) is 3.02. The Hall–Kier alpha value is -4.74. The van der Waals surface area contributed by atoms with Crippen LogP contribution < -0.4 is 14.8 Å². The van der Waals surface area contributed by atoms with E-state index in [4.69, 9.17) is 4.74 Å². The average molecular weight is 606 g/mol. The first-order valence-electron chi connectivity index (χ1n) is 13.5. The summed E-state index contributed by atoms with van der Waals surface area (Å²) in [6.07, 6.45) is 0.240. The highest BCUT2D eigenvalue weighted by atomic mass is 32.2. The molecule has 3 N–H and O–H groups in total. The molecule has 0 saturated carbocycles. The number of carbonyl (C=O) groups is 2. The summed E-state index contributed by atoms with van der Waals surface area (Å²) < 4.78 is 46.7. The van der Waals surface area contributed by atoms with Gasteiger partial charge in [-0.3, -0.25) is 14.3 Å². The molecule has 43 heavy (non-hydrogen) atoms. The van der Waals surface area contributed by atoms with Crippen molar-refractivity contribution in [3.05, 3.63) is 126 Å². The predicted molar refractivity (Wildman–Crippen MR) is 160 cm³/mol. The Labute approximate surface area is 250 Å². The molecule has 4 aromatic rings. The molecule has 9 nitrogen and oxygen atoms in total. The van der Waals surface area contributed by atoms with Gasteiger partial charge in [0.1, 0.15) is 17.6 Å². The van der Waals surface area contributed by atoms with Crippen molar-refractivity contribution in [3.63, 3.8) is 0 Å². The summed E-state index contributed by atoms with van der Waals surface area (Å²) in [7, 11) is -3.95. The van der Waals surface area contributed by atoms with Gasteiger partial charge in [-0.05, 0) is 59.7 Å². The van der Waals surface area contributed by atoms with Crippen LogP contribution >= 0.6 is 0 Å². The fraction of sp³-hybridized carbons (Fsp3) is 0.188. The summed E-state index contributed by atoms with van der Waals surface area (Å²) in [6.45, 7) is -0.478. The van der Waals surface area contributed by atoms with Gasteiger partial charge in [-0.2, -0.15) is 0 Å². The first-order chi connectivity index (χ1) is 20.7. The number of nitrogens with one attached hydrogen (secondary N) is 2. The fourth-order valence-corrected chi connectivity index (χ4v) is 5.36. The van der Waals surface area contributed by atoms with E-state index in [9.17, 15) is 27.5 Å². The summed E-state index contributed by atoms with van der Waals surface area (Å²) in [5.41, 5.74) is 1.87. The lowest BCUT2D eigenvalue weighted by Crippen LogP contribution is -2.52. The lowest BCUT2D eigenvalue weighted by molar-refractivity contribution is -0.142. The summed E-state index contributed by atoms with van der Waals surface area (Å²) in [5.74, 6) is -1.11. The molecule has 0 bridgehead atoms. The number of hydrogen-bond donors (Lipinski definition) is 3. The van der Waals surface area contributed by atoms with Crippen LogP contribution in [0.1, 0.15) is 11.1 Å². The van der Waals surface area contributed by atoms with Crippen LogP contribution in [0.15, 0.2) is 114 Å². The van der Waals surface area contributed by atoms with Crippen LogP contribution in [0.3, 0.4) is 0 Å². The molecule has 11 heteroatoms. The first-order valence-corrected chi connectivity index (χ1v) is 15.0. The van der Waals surface area contributed by atoms with Gasteiger partial charge in [0, 0.05) is 25.2 Å². The molecule has 4 rings (SSSR count). The van der Waals surface area contributed by atoms with Gasteiger partial charge in [-0.15, -0.1) is 0 Å². The van der Waals surface area contributed by atoms with Gasteiger partial charge in [0.25, 0.3) is 15.9 Å². The zero-order chi connectivity index (χ0) is 30.7. The third-order valence-corrected chi connectivity index (χ3v) is 7.87. The van der Waals surface area contributed by atoms with Crippen LogP contribution in [0.4, 0.5) is 10.1 Å². The smallest absolute Gasteiger partial charge is 0.261 e. The van der Waals surface area contributed by atoms with Crippen LogP contribution in [-0.4, -0.2) is 56.0 Å². The molecule has 0 fully saturated rings. The Bertz CT molecular complexity index is 1590. The molecule has 2 amide bonds. The molecule has 0 spiro atoms. The van der Waals surface area contributed by atoms with E-state index in [-0.39, 0.29) is 42.4 Å². The molecular weight excluding hydrogens is 573 g/mol. The normalized spacial score (nSPS) is 11.8. The summed E-state index contributed by atoms with van der Waals surface area (Å²) in [6, 6.07) is 28.1. The standard InChI is InChI=1S/C32H32FN3O6S/c33-26-11-13-27(14-12-26)35-43(40,41)29-17-15-28(16-18-29)42-23-31(38)36(22-25-9-5-2-6-10-25)30(32(39)34-19-20-37)21-24-7-3-1-4-8-24/h1-18,30,35,37H,19-23H2,(H,34,39). The molecule has 0 aliphatic heterocycles. The molecule has 4 aromatic carbocycles. The molecule has 1 unspecified atom stereocenters. The highest BCUT2D eigenvalue weighted by Gasteiger charge is 2.30. The minimum Gasteiger partial charge on any atom is -0.484 e. The summed E-state index contributed by atoms with van der Waals surface area (Å²) >= 11 is 0. The van der Waals surface area contributed by atoms with Crippen LogP contribution in [0.5, 0.6) is 5.75 Å². The quantitative estimate of drug-likeness (QED) is 0.201. The van der Waals surface area contributed by atoms with Crippen molar-refractivity contribution >= 4 is 27.5 Å². The Morgan fingerprint density at radius 1 is 0.837 bits per heavy atom. The third kappa shape index (κ3) is 9.12. The first kappa shape index (κ1) is 31.2. The number of halogens is 1. The predicted octanol–water partition coefficient (Wildman–Crippen LogP) is 3.75. The molecule has 0 radical (unpaired) electrons. The van der Waals surface area contributed by atoms with E-state index in [2.05, 4.69) is 10.0 Å². The van der Waals surface area contributed by atoms with Crippen molar-refractivity contribution in [2.45, 2.75) is 23.9 Å². The lowest BCUT2D eigenvalue weighted by atomic mass is 10.0. The second-order valence-corrected chi connectivity index (χ2v) is 11.3. The number of anilines is 1. The van der Waals surface area contributed by atoms with Gasteiger partial charge < -0.3 is 20.1 Å². The highest BCUT2D eigenvalue weighted by Crippen LogP contribution is 2.21. The Morgan fingerprint density at radius 2 is 1.44 bits per heavy atom. The van der Waals surface area contributed by atoms with Gasteiger partial charge in [-0.1, -0.05) is 60.7 Å². The minimum atomic E-state index is -3.95.